The van der Waals surface area contributed by atoms with Gasteiger partial charge in [-0.25, -0.2) is 0 Å². The van der Waals surface area contributed by atoms with Crippen LogP contribution in [0.4, 0.5) is 0 Å². The van der Waals surface area contributed by atoms with Crippen molar-refractivity contribution in [1.29, 1.82) is 0 Å². The summed E-state index contributed by atoms with van der Waals surface area (Å²) in [6.45, 7) is 2.54. The van der Waals surface area contributed by atoms with Crippen LogP contribution in [0.5, 0.6) is 0 Å². The molecule has 0 saturated carbocycles. The van der Waals surface area contributed by atoms with E-state index >= 15 is 0 Å². The van der Waals surface area contributed by atoms with E-state index in [-0.39, 0.29) is 0 Å². The number of hydrogen-bond donors (Lipinski definition) is 1. The van der Waals surface area contributed by atoms with Gasteiger partial charge in [-0.1, -0.05) is 37.6 Å². The Labute approximate surface area is 93.1 Å². The molecule has 0 aliphatic rings. The summed E-state index contributed by atoms with van der Waals surface area (Å²) in [6, 6.07) is 8.93. The van der Waals surface area contributed by atoms with Gasteiger partial charge in [0.15, 0.2) is 0 Å². The van der Waals surface area contributed by atoms with E-state index in [1.807, 2.05) is 0 Å². The standard InChI is InChI=1S/C14H22O/c1-2-3-6-13-8-10-14(11-9-13)7-4-5-12-15/h8-11,15H,2-7,12H2,1H3. The van der Waals surface area contributed by atoms with Crippen LogP contribution in [0.25, 0.3) is 0 Å². The molecule has 0 aliphatic carbocycles. The Morgan fingerprint density at radius 2 is 1.40 bits per heavy atom. The molecule has 1 N–H and O–H groups in total. The largest absolute Gasteiger partial charge is 0.396 e. The number of rotatable bonds is 7. The van der Waals surface area contributed by atoms with Gasteiger partial charge in [-0.3, -0.25) is 0 Å². The van der Waals surface area contributed by atoms with Crippen LogP contribution in [0.15, 0.2) is 24.3 Å². The van der Waals surface area contributed by atoms with Crippen molar-refractivity contribution in [2.45, 2.75) is 45.4 Å². The minimum absolute atomic E-state index is 0.314. The van der Waals surface area contributed by atoms with Crippen LogP contribution in [-0.2, 0) is 12.8 Å². The molecule has 1 aromatic carbocycles. The van der Waals surface area contributed by atoms with Crippen molar-refractivity contribution in [2.75, 3.05) is 6.61 Å². The van der Waals surface area contributed by atoms with E-state index in [1.54, 1.807) is 0 Å². The summed E-state index contributed by atoms with van der Waals surface area (Å²) in [5.74, 6) is 0. The van der Waals surface area contributed by atoms with Gasteiger partial charge in [-0.2, -0.15) is 0 Å². The predicted molar refractivity (Wildman–Crippen MR) is 65.1 cm³/mol. The van der Waals surface area contributed by atoms with Crippen molar-refractivity contribution in [3.05, 3.63) is 35.4 Å². The molecule has 0 spiro atoms. The Morgan fingerprint density at radius 1 is 0.867 bits per heavy atom. The van der Waals surface area contributed by atoms with E-state index in [0.717, 1.165) is 19.3 Å². The number of aryl methyl sites for hydroxylation is 2. The fourth-order valence-electron chi connectivity index (χ4n) is 1.69. The quantitative estimate of drug-likeness (QED) is 0.678. The number of unbranched alkanes of at least 4 members (excludes halogenated alkanes) is 2. The van der Waals surface area contributed by atoms with Gasteiger partial charge in [-0.05, 0) is 43.2 Å². The van der Waals surface area contributed by atoms with E-state index in [4.69, 9.17) is 5.11 Å². The molecule has 1 rings (SSSR count). The van der Waals surface area contributed by atoms with Crippen LogP contribution in [-0.4, -0.2) is 11.7 Å². The molecule has 0 aromatic heterocycles. The third-order valence-electron chi connectivity index (χ3n) is 2.72. The highest BCUT2D eigenvalue weighted by molar-refractivity contribution is 5.22. The lowest BCUT2D eigenvalue weighted by Crippen LogP contribution is -1.90. The van der Waals surface area contributed by atoms with Crippen molar-refractivity contribution in [3.8, 4) is 0 Å². The number of aliphatic hydroxyl groups is 1. The van der Waals surface area contributed by atoms with Gasteiger partial charge in [0.05, 0.1) is 0 Å². The molecule has 0 radical (unpaired) electrons. The SMILES string of the molecule is CCCCc1ccc(CCCCO)cc1. The summed E-state index contributed by atoms with van der Waals surface area (Å²) in [7, 11) is 0. The second-order valence-corrected chi connectivity index (χ2v) is 4.10. The topological polar surface area (TPSA) is 20.2 Å². The Morgan fingerprint density at radius 3 is 1.87 bits per heavy atom. The molecule has 0 amide bonds. The van der Waals surface area contributed by atoms with Crippen molar-refractivity contribution >= 4 is 0 Å². The second-order valence-electron chi connectivity index (χ2n) is 4.10. The summed E-state index contributed by atoms with van der Waals surface area (Å²) in [6.07, 6.45) is 6.84. The molecule has 84 valence electrons. The van der Waals surface area contributed by atoms with Crippen LogP contribution >= 0.6 is 0 Å². The summed E-state index contributed by atoms with van der Waals surface area (Å²) in [5, 5.41) is 8.69. The van der Waals surface area contributed by atoms with Crippen LogP contribution in [0.1, 0.15) is 43.7 Å². The average molecular weight is 206 g/mol. The van der Waals surface area contributed by atoms with Gasteiger partial charge in [0.1, 0.15) is 0 Å². The molecule has 0 fully saturated rings. The molecule has 1 aromatic rings. The summed E-state index contributed by atoms with van der Waals surface area (Å²) >= 11 is 0. The van der Waals surface area contributed by atoms with E-state index in [0.29, 0.717) is 6.61 Å². The maximum atomic E-state index is 8.69. The first-order valence-corrected chi connectivity index (χ1v) is 6.05. The first kappa shape index (κ1) is 12.3. The number of aliphatic hydroxyl groups excluding tert-OH is 1. The minimum atomic E-state index is 0.314. The number of hydrogen-bond acceptors (Lipinski definition) is 1. The molecule has 0 atom stereocenters. The monoisotopic (exact) mass is 206 g/mol. The van der Waals surface area contributed by atoms with Crippen LogP contribution < -0.4 is 0 Å². The summed E-state index contributed by atoms with van der Waals surface area (Å²) < 4.78 is 0. The van der Waals surface area contributed by atoms with Crippen LogP contribution in [0.3, 0.4) is 0 Å². The van der Waals surface area contributed by atoms with E-state index in [2.05, 4.69) is 31.2 Å². The minimum Gasteiger partial charge on any atom is -0.396 e. The van der Waals surface area contributed by atoms with Gasteiger partial charge in [0.2, 0.25) is 0 Å². The van der Waals surface area contributed by atoms with E-state index in [1.165, 1.54) is 30.4 Å². The zero-order valence-corrected chi connectivity index (χ0v) is 9.71. The molecule has 0 unspecified atom stereocenters. The van der Waals surface area contributed by atoms with Gasteiger partial charge >= 0.3 is 0 Å². The molecule has 15 heavy (non-hydrogen) atoms. The highest BCUT2D eigenvalue weighted by atomic mass is 16.2. The fourth-order valence-corrected chi connectivity index (χ4v) is 1.69. The first-order valence-electron chi connectivity index (χ1n) is 6.05. The van der Waals surface area contributed by atoms with Gasteiger partial charge in [0.25, 0.3) is 0 Å². The van der Waals surface area contributed by atoms with Crippen LogP contribution in [0.2, 0.25) is 0 Å². The molecular formula is C14H22O. The van der Waals surface area contributed by atoms with Crippen LogP contribution in [0, 0.1) is 0 Å². The third-order valence-corrected chi connectivity index (χ3v) is 2.72. The highest BCUT2D eigenvalue weighted by Gasteiger charge is 1.95. The maximum absolute atomic E-state index is 8.69. The van der Waals surface area contributed by atoms with Crippen molar-refractivity contribution < 1.29 is 5.11 Å². The number of benzene rings is 1. The first-order chi connectivity index (χ1) is 7.36. The summed E-state index contributed by atoms with van der Waals surface area (Å²) in [5.41, 5.74) is 2.84. The van der Waals surface area contributed by atoms with Gasteiger partial charge < -0.3 is 5.11 Å². The Hall–Kier alpha value is -0.820. The smallest absolute Gasteiger partial charge is 0.0431 e. The Balaban J connectivity index is 2.35. The maximum Gasteiger partial charge on any atom is 0.0431 e. The zero-order valence-electron chi connectivity index (χ0n) is 9.71. The molecular weight excluding hydrogens is 184 g/mol. The second kappa shape index (κ2) is 7.47. The van der Waals surface area contributed by atoms with E-state index < -0.39 is 0 Å². The zero-order chi connectivity index (χ0) is 10.9. The molecule has 0 bridgehead atoms. The normalized spacial score (nSPS) is 10.5. The molecule has 0 saturated heterocycles. The molecule has 1 nitrogen and oxygen atoms in total. The molecule has 0 heterocycles. The molecule has 0 aliphatic heterocycles. The lowest BCUT2D eigenvalue weighted by Gasteiger charge is -2.03. The van der Waals surface area contributed by atoms with Crippen molar-refractivity contribution in [1.82, 2.24) is 0 Å². The lowest BCUT2D eigenvalue weighted by molar-refractivity contribution is 0.284. The molecule has 1 heteroatoms. The predicted octanol–water partition coefficient (Wildman–Crippen LogP) is 3.34. The highest BCUT2D eigenvalue weighted by Crippen LogP contribution is 2.10. The lowest BCUT2D eigenvalue weighted by atomic mass is 10.0. The Bertz CT molecular complexity index is 251. The van der Waals surface area contributed by atoms with Crippen molar-refractivity contribution in [3.63, 3.8) is 0 Å². The van der Waals surface area contributed by atoms with E-state index in [9.17, 15) is 0 Å². The van der Waals surface area contributed by atoms with Gasteiger partial charge in [-0.15, -0.1) is 0 Å². The third kappa shape index (κ3) is 4.98. The van der Waals surface area contributed by atoms with Crippen molar-refractivity contribution in [2.24, 2.45) is 0 Å². The summed E-state index contributed by atoms with van der Waals surface area (Å²) in [4.78, 5) is 0. The average Bonchev–Trinajstić information content (AvgIpc) is 2.28. The van der Waals surface area contributed by atoms with Gasteiger partial charge in [0, 0.05) is 6.61 Å². The fraction of sp³-hybridized carbons (Fsp3) is 0.571. The Kier molecular flexibility index (Phi) is 6.10.